The van der Waals surface area contributed by atoms with Crippen molar-refractivity contribution in [3.05, 3.63) is 63.4 Å². The first-order valence-corrected chi connectivity index (χ1v) is 10.0. The smallest absolute Gasteiger partial charge is 0.335 e. The van der Waals surface area contributed by atoms with Gasteiger partial charge in [-0.3, -0.25) is 14.9 Å². The summed E-state index contributed by atoms with van der Waals surface area (Å²) in [7, 11) is 0. The number of imide groups is 2. The van der Waals surface area contributed by atoms with E-state index in [1.807, 2.05) is 4.90 Å². The van der Waals surface area contributed by atoms with E-state index < -0.39 is 23.7 Å². The van der Waals surface area contributed by atoms with Gasteiger partial charge >= 0.3 is 6.03 Å². The quantitative estimate of drug-likeness (QED) is 0.559. The van der Waals surface area contributed by atoms with Crippen LogP contribution in [0, 0.1) is 5.82 Å². The molecule has 0 spiro atoms. The molecule has 2 saturated heterocycles. The number of nitrogens with one attached hydrogen (secondary N) is 1. The van der Waals surface area contributed by atoms with Crippen LogP contribution in [0.1, 0.15) is 18.4 Å². The molecule has 2 aliphatic heterocycles. The number of rotatable bonds is 3. The van der Waals surface area contributed by atoms with Crippen LogP contribution in [-0.2, 0) is 9.59 Å². The van der Waals surface area contributed by atoms with Gasteiger partial charge in [0.15, 0.2) is 0 Å². The maximum absolute atomic E-state index is 14.6. The second kappa shape index (κ2) is 8.08. The molecule has 0 bridgehead atoms. The van der Waals surface area contributed by atoms with Gasteiger partial charge in [0, 0.05) is 18.1 Å². The monoisotopic (exact) mass is 447 g/mol. The van der Waals surface area contributed by atoms with Gasteiger partial charge in [0.2, 0.25) is 0 Å². The second-order valence-electron chi connectivity index (χ2n) is 6.96. The first kappa shape index (κ1) is 20.4. The van der Waals surface area contributed by atoms with Crippen molar-refractivity contribution < 1.29 is 18.8 Å². The van der Waals surface area contributed by atoms with Crippen molar-refractivity contribution in [3.8, 4) is 0 Å². The minimum absolute atomic E-state index is 0.0701. The van der Waals surface area contributed by atoms with Gasteiger partial charge in [0.1, 0.15) is 11.4 Å². The fourth-order valence-electron chi connectivity index (χ4n) is 3.53. The van der Waals surface area contributed by atoms with Gasteiger partial charge in [-0.1, -0.05) is 29.3 Å². The zero-order valence-corrected chi connectivity index (χ0v) is 17.1. The number of urea groups is 1. The first-order valence-electron chi connectivity index (χ1n) is 9.26. The molecular weight excluding hydrogens is 432 g/mol. The van der Waals surface area contributed by atoms with Crippen molar-refractivity contribution in [3.63, 3.8) is 0 Å². The molecule has 0 radical (unpaired) electrons. The van der Waals surface area contributed by atoms with Crippen LogP contribution in [0.4, 0.5) is 20.6 Å². The summed E-state index contributed by atoms with van der Waals surface area (Å²) < 4.78 is 14.6. The normalized spacial score (nSPS) is 18.4. The lowest BCUT2D eigenvalue weighted by Crippen LogP contribution is -2.54. The van der Waals surface area contributed by atoms with Crippen molar-refractivity contribution in [2.24, 2.45) is 0 Å². The molecule has 1 N–H and O–H groups in total. The average Bonchev–Trinajstić information content (AvgIpc) is 3.21. The van der Waals surface area contributed by atoms with Crippen LogP contribution in [0.15, 0.2) is 42.0 Å². The topological polar surface area (TPSA) is 69.7 Å². The van der Waals surface area contributed by atoms with E-state index in [0.29, 0.717) is 16.3 Å². The van der Waals surface area contributed by atoms with Gasteiger partial charge in [-0.15, -0.1) is 0 Å². The number of hydrogen-bond acceptors (Lipinski definition) is 4. The summed E-state index contributed by atoms with van der Waals surface area (Å²) in [6, 6.07) is 7.83. The molecule has 2 heterocycles. The number of carbonyl (C=O) groups is 3. The van der Waals surface area contributed by atoms with Gasteiger partial charge in [0.25, 0.3) is 11.8 Å². The van der Waals surface area contributed by atoms with E-state index in [0.717, 1.165) is 30.8 Å². The van der Waals surface area contributed by atoms with E-state index in [2.05, 4.69) is 5.32 Å². The van der Waals surface area contributed by atoms with E-state index in [4.69, 9.17) is 23.2 Å². The summed E-state index contributed by atoms with van der Waals surface area (Å²) in [6.45, 7) is 1.58. The highest BCUT2D eigenvalue weighted by molar-refractivity contribution is 6.42. The maximum atomic E-state index is 14.6. The van der Waals surface area contributed by atoms with Crippen LogP contribution in [0.2, 0.25) is 10.0 Å². The van der Waals surface area contributed by atoms with E-state index >= 15 is 0 Å². The summed E-state index contributed by atoms with van der Waals surface area (Å²) in [5, 5.41) is 2.50. The molecule has 4 amide bonds. The molecule has 30 heavy (non-hydrogen) atoms. The van der Waals surface area contributed by atoms with E-state index in [-0.39, 0.29) is 16.3 Å². The fourth-order valence-corrected chi connectivity index (χ4v) is 4.03. The number of anilines is 2. The molecule has 0 aliphatic carbocycles. The molecule has 0 unspecified atom stereocenters. The van der Waals surface area contributed by atoms with Crippen LogP contribution < -0.4 is 15.1 Å². The SMILES string of the molecule is O=C1NC(=O)N(c2ccc(Cl)cc2Cl)C(=O)C1=Cc1ccc(N2CCCC2)c(F)c1. The number of nitrogens with zero attached hydrogens (tertiary/aromatic N) is 2. The van der Waals surface area contributed by atoms with Gasteiger partial charge in [0.05, 0.1) is 16.4 Å². The Kier molecular flexibility index (Phi) is 5.49. The molecule has 9 heteroatoms. The Morgan fingerprint density at radius 1 is 0.967 bits per heavy atom. The predicted molar refractivity (Wildman–Crippen MR) is 113 cm³/mol. The van der Waals surface area contributed by atoms with Crippen LogP contribution in [0.25, 0.3) is 6.08 Å². The summed E-state index contributed by atoms with van der Waals surface area (Å²) in [5.74, 6) is -2.17. The number of carbonyl (C=O) groups excluding carboxylic acids is 3. The second-order valence-corrected chi connectivity index (χ2v) is 7.80. The molecule has 154 valence electrons. The van der Waals surface area contributed by atoms with E-state index in [1.165, 1.54) is 30.3 Å². The van der Waals surface area contributed by atoms with Crippen molar-refractivity contribution in [1.82, 2.24) is 5.32 Å². The summed E-state index contributed by atoms with van der Waals surface area (Å²) in [4.78, 5) is 40.2. The highest BCUT2D eigenvalue weighted by Gasteiger charge is 2.37. The highest BCUT2D eigenvalue weighted by Crippen LogP contribution is 2.32. The predicted octanol–water partition coefficient (Wildman–Crippen LogP) is 4.40. The van der Waals surface area contributed by atoms with E-state index in [1.54, 1.807) is 12.1 Å². The number of benzene rings is 2. The summed E-state index contributed by atoms with van der Waals surface area (Å²) in [6.07, 6.45) is 3.27. The summed E-state index contributed by atoms with van der Waals surface area (Å²) in [5.41, 5.74) is 0.579. The Labute approximate surface area is 181 Å². The highest BCUT2D eigenvalue weighted by atomic mass is 35.5. The Bertz CT molecular complexity index is 1100. The lowest BCUT2D eigenvalue weighted by atomic mass is 10.1. The van der Waals surface area contributed by atoms with Crippen molar-refractivity contribution in [2.75, 3.05) is 22.9 Å². The molecule has 2 aliphatic rings. The molecule has 2 fully saturated rings. The van der Waals surface area contributed by atoms with Crippen molar-refractivity contribution in [2.45, 2.75) is 12.8 Å². The van der Waals surface area contributed by atoms with Gasteiger partial charge in [-0.2, -0.15) is 0 Å². The lowest BCUT2D eigenvalue weighted by Gasteiger charge is -2.27. The molecule has 0 saturated carbocycles. The zero-order valence-electron chi connectivity index (χ0n) is 15.6. The Hall–Kier alpha value is -2.90. The molecule has 0 atom stereocenters. The Morgan fingerprint density at radius 3 is 2.33 bits per heavy atom. The largest absolute Gasteiger partial charge is 0.369 e. The number of barbiturate groups is 1. The van der Waals surface area contributed by atoms with Gasteiger partial charge in [-0.25, -0.2) is 14.1 Å². The minimum Gasteiger partial charge on any atom is -0.369 e. The number of amides is 4. The lowest BCUT2D eigenvalue weighted by molar-refractivity contribution is -0.122. The number of hydrogen-bond donors (Lipinski definition) is 1. The van der Waals surface area contributed by atoms with Crippen LogP contribution >= 0.6 is 23.2 Å². The molecule has 6 nitrogen and oxygen atoms in total. The third kappa shape index (κ3) is 3.78. The van der Waals surface area contributed by atoms with Crippen LogP contribution in [-0.4, -0.2) is 30.9 Å². The average molecular weight is 448 g/mol. The Morgan fingerprint density at radius 2 is 1.67 bits per heavy atom. The van der Waals surface area contributed by atoms with Crippen LogP contribution in [0.3, 0.4) is 0 Å². The third-order valence-corrected chi connectivity index (χ3v) is 5.52. The van der Waals surface area contributed by atoms with Crippen molar-refractivity contribution >= 4 is 58.5 Å². The molecular formula is C21H16Cl2FN3O3. The molecule has 0 aromatic heterocycles. The Balaban J connectivity index is 1.68. The minimum atomic E-state index is -0.929. The van der Waals surface area contributed by atoms with Crippen molar-refractivity contribution in [1.29, 1.82) is 0 Å². The fraction of sp³-hybridized carbons (Fsp3) is 0.190. The molecule has 2 aromatic carbocycles. The first-order chi connectivity index (χ1) is 14.3. The standard InChI is InChI=1S/C21H16Cl2FN3O3/c22-13-4-6-17(15(23)11-13)27-20(29)14(19(28)25-21(27)30)9-12-3-5-18(16(24)10-12)26-7-1-2-8-26/h3-6,9-11H,1-2,7-8H2,(H,25,28,30). The van der Waals surface area contributed by atoms with Gasteiger partial charge in [-0.05, 0) is 54.8 Å². The third-order valence-electron chi connectivity index (χ3n) is 4.98. The zero-order chi connectivity index (χ0) is 21.4. The van der Waals surface area contributed by atoms with E-state index in [9.17, 15) is 18.8 Å². The van der Waals surface area contributed by atoms with Crippen LogP contribution in [0.5, 0.6) is 0 Å². The number of halogens is 3. The summed E-state index contributed by atoms with van der Waals surface area (Å²) >= 11 is 12.0. The molecule has 4 rings (SSSR count). The maximum Gasteiger partial charge on any atom is 0.335 e. The molecule has 2 aromatic rings. The van der Waals surface area contributed by atoms with Gasteiger partial charge < -0.3 is 4.90 Å².